The largest absolute Gasteiger partial charge is 0.420 e. The Kier molecular flexibility index (Phi) is 3.36. The highest BCUT2D eigenvalue weighted by Gasteiger charge is 2.10. The molecule has 0 bridgehead atoms. The van der Waals surface area contributed by atoms with Gasteiger partial charge in [-0.15, -0.1) is 10.2 Å². The number of Topliss-reactive ketones (excluding diaryl/α,β-unsaturated/α-hetero) is 1. The Labute approximate surface area is 98.1 Å². The number of aromatic nitrogens is 2. The van der Waals surface area contributed by atoms with Gasteiger partial charge in [-0.25, -0.2) is 0 Å². The third kappa shape index (κ3) is 2.49. The van der Waals surface area contributed by atoms with Crippen molar-refractivity contribution in [3.63, 3.8) is 0 Å². The van der Waals surface area contributed by atoms with Gasteiger partial charge in [-0.1, -0.05) is 18.2 Å². The summed E-state index contributed by atoms with van der Waals surface area (Å²) in [5, 5.41) is 7.69. The van der Waals surface area contributed by atoms with Crippen LogP contribution in [0.1, 0.15) is 5.89 Å². The molecule has 0 amide bonds. The van der Waals surface area contributed by atoms with Crippen LogP contribution in [0.25, 0.3) is 11.5 Å². The predicted octanol–water partition coefficient (Wildman–Crippen LogP) is 1.78. The number of hydrogen-bond donors (Lipinski definition) is 1. The lowest BCUT2D eigenvalue weighted by atomic mass is 10.2. The van der Waals surface area contributed by atoms with Gasteiger partial charge in [0.2, 0.25) is 11.8 Å². The lowest BCUT2D eigenvalue weighted by molar-refractivity contribution is -0.116. The van der Waals surface area contributed by atoms with Gasteiger partial charge in [0.05, 0.1) is 6.42 Å². The van der Waals surface area contributed by atoms with Crippen molar-refractivity contribution in [2.45, 2.75) is 6.42 Å². The van der Waals surface area contributed by atoms with E-state index in [0.717, 1.165) is 5.56 Å². The summed E-state index contributed by atoms with van der Waals surface area (Å²) in [6.45, 7) is 0. The molecule has 2 rings (SSSR count). The average Bonchev–Trinajstić information content (AvgIpc) is 2.78. The molecule has 16 heavy (non-hydrogen) atoms. The number of carbonyl (C=O) groups is 1. The number of nitrogens with zero attached hydrogens (tertiary/aromatic N) is 2. The molecule has 1 heterocycles. The van der Waals surface area contributed by atoms with E-state index >= 15 is 0 Å². The van der Waals surface area contributed by atoms with Crippen molar-refractivity contribution in [1.29, 1.82) is 0 Å². The Hall–Kier alpha value is -1.62. The van der Waals surface area contributed by atoms with E-state index in [-0.39, 0.29) is 18.0 Å². The normalized spacial score (nSPS) is 10.3. The summed E-state index contributed by atoms with van der Waals surface area (Å²) in [5.74, 6) is 0.912. The number of ketones is 1. The van der Waals surface area contributed by atoms with Crippen LogP contribution in [-0.4, -0.2) is 21.7 Å². The molecule has 0 spiro atoms. The van der Waals surface area contributed by atoms with Gasteiger partial charge in [-0.2, -0.15) is 12.6 Å². The molecule has 2 aromatic rings. The Bertz CT molecular complexity index is 482. The molecule has 0 aliphatic carbocycles. The maximum absolute atomic E-state index is 11.1. The summed E-state index contributed by atoms with van der Waals surface area (Å²) in [5.41, 5.74) is 0.847. The second kappa shape index (κ2) is 4.94. The molecule has 4 nitrogen and oxygen atoms in total. The molecule has 0 aliphatic heterocycles. The second-order valence-corrected chi connectivity index (χ2v) is 3.56. The molecular weight excluding hydrogens is 224 g/mol. The van der Waals surface area contributed by atoms with Crippen LogP contribution in [0.2, 0.25) is 0 Å². The maximum atomic E-state index is 11.1. The second-order valence-electron chi connectivity index (χ2n) is 3.24. The van der Waals surface area contributed by atoms with Crippen molar-refractivity contribution in [3.8, 4) is 11.5 Å². The van der Waals surface area contributed by atoms with E-state index in [1.165, 1.54) is 0 Å². The fourth-order valence-corrected chi connectivity index (χ4v) is 1.36. The Morgan fingerprint density at radius 2 is 2.00 bits per heavy atom. The zero-order valence-corrected chi connectivity index (χ0v) is 9.35. The molecule has 0 radical (unpaired) electrons. The van der Waals surface area contributed by atoms with Gasteiger partial charge in [-0.3, -0.25) is 4.79 Å². The summed E-state index contributed by atoms with van der Waals surface area (Å²) in [4.78, 5) is 11.1. The first kappa shape index (κ1) is 10.9. The van der Waals surface area contributed by atoms with E-state index in [4.69, 9.17) is 4.42 Å². The minimum atomic E-state index is -0.0356. The topological polar surface area (TPSA) is 56.0 Å². The lowest BCUT2D eigenvalue weighted by Gasteiger charge is -1.92. The summed E-state index contributed by atoms with van der Waals surface area (Å²) < 4.78 is 5.37. The first-order valence-corrected chi connectivity index (χ1v) is 5.43. The summed E-state index contributed by atoms with van der Waals surface area (Å²) in [6, 6.07) is 9.43. The van der Waals surface area contributed by atoms with Gasteiger partial charge in [-0.05, 0) is 12.1 Å². The third-order valence-electron chi connectivity index (χ3n) is 2.01. The first-order valence-electron chi connectivity index (χ1n) is 4.80. The zero-order chi connectivity index (χ0) is 11.4. The van der Waals surface area contributed by atoms with Crippen LogP contribution in [0.4, 0.5) is 0 Å². The van der Waals surface area contributed by atoms with Crippen LogP contribution in [0, 0.1) is 0 Å². The number of benzene rings is 1. The molecule has 0 fully saturated rings. The monoisotopic (exact) mass is 234 g/mol. The van der Waals surface area contributed by atoms with Gasteiger partial charge in [0.15, 0.2) is 5.78 Å². The van der Waals surface area contributed by atoms with Crippen LogP contribution >= 0.6 is 12.6 Å². The third-order valence-corrected chi connectivity index (χ3v) is 2.37. The Balaban J connectivity index is 2.17. The number of rotatable bonds is 4. The Morgan fingerprint density at radius 3 is 2.69 bits per heavy atom. The number of carbonyl (C=O) groups excluding carboxylic acids is 1. The molecular formula is C11H10N2O2S. The van der Waals surface area contributed by atoms with Crippen molar-refractivity contribution < 1.29 is 9.21 Å². The molecule has 0 saturated carbocycles. The smallest absolute Gasteiger partial charge is 0.247 e. The minimum Gasteiger partial charge on any atom is -0.420 e. The first-order chi connectivity index (χ1) is 7.79. The number of hydrogen-bond acceptors (Lipinski definition) is 5. The quantitative estimate of drug-likeness (QED) is 0.819. The standard InChI is InChI=1S/C11H10N2O2S/c14-9(7-16)6-10-12-13-11(15-10)8-4-2-1-3-5-8/h1-5,16H,6-7H2. The molecule has 1 aromatic carbocycles. The van der Waals surface area contributed by atoms with Crippen LogP contribution < -0.4 is 0 Å². The van der Waals surface area contributed by atoms with Gasteiger partial charge in [0.1, 0.15) is 0 Å². The predicted molar refractivity (Wildman–Crippen MR) is 62.3 cm³/mol. The van der Waals surface area contributed by atoms with E-state index in [0.29, 0.717) is 11.8 Å². The molecule has 0 unspecified atom stereocenters. The highest BCUT2D eigenvalue weighted by Crippen LogP contribution is 2.16. The zero-order valence-electron chi connectivity index (χ0n) is 8.46. The van der Waals surface area contributed by atoms with Crippen molar-refractivity contribution in [3.05, 3.63) is 36.2 Å². The summed E-state index contributed by atoms with van der Waals surface area (Å²) >= 11 is 3.88. The molecule has 0 atom stereocenters. The van der Waals surface area contributed by atoms with Gasteiger partial charge in [0.25, 0.3) is 0 Å². The molecule has 0 N–H and O–H groups in total. The molecule has 1 aromatic heterocycles. The van der Waals surface area contributed by atoms with Crippen LogP contribution in [0.3, 0.4) is 0 Å². The van der Waals surface area contributed by atoms with Crippen LogP contribution in [0.15, 0.2) is 34.7 Å². The molecule has 5 heteroatoms. The SMILES string of the molecule is O=C(CS)Cc1nnc(-c2ccccc2)o1. The van der Waals surface area contributed by atoms with E-state index in [9.17, 15) is 4.79 Å². The van der Waals surface area contributed by atoms with Crippen molar-refractivity contribution in [2.24, 2.45) is 0 Å². The molecule has 82 valence electrons. The summed E-state index contributed by atoms with van der Waals surface area (Å²) in [7, 11) is 0. The van der Waals surface area contributed by atoms with E-state index in [1.54, 1.807) is 0 Å². The Morgan fingerprint density at radius 1 is 1.25 bits per heavy atom. The lowest BCUT2D eigenvalue weighted by Crippen LogP contribution is -2.03. The fourth-order valence-electron chi connectivity index (χ4n) is 1.25. The average molecular weight is 234 g/mol. The van der Waals surface area contributed by atoms with E-state index < -0.39 is 0 Å². The highest BCUT2D eigenvalue weighted by molar-refractivity contribution is 7.81. The molecule has 0 aliphatic rings. The van der Waals surface area contributed by atoms with Crippen LogP contribution in [-0.2, 0) is 11.2 Å². The fraction of sp³-hybridized carbons (Fsp3) is 0.182. The minimum absolute atomic E-state index is 0.0356. The van der Waals surface area contributed by atoms with Crippen molar-refractivity contribution in [1.82, 2.24) is 10.2 Å². The van der Waals surface area contributed by atoms with Crippen molar-refractivity contribution in [2.75, 3.05) is 5.75 Å². The van der Waals surface area contributed by atoms with Gasteiger partial charge >= 0.3 is 0 Å². The highest BCUT2D eigenvalue weighted by atomic mass is 32.1. The molecule has 0 saturated heterocycles. The summed E-state index contributed by atoms with van der Waals surface area (Å²) in [6.07, 6.45) is 0.142. The van der Waals surface area contributed by atoms with Crippen molar-refractivity contribution >= 4 is 18.4 Å². The van der Waals surface area contributed by atoms with E-state index in [2.05, 4.69) is 22.8 Å². The van der Waals surface area contributed by atoms with Gasteiger partial charge < -0.3 is 4.42 Å². The van der Waals surface area contributed by atoms with Gasteiger partial charge in [0, 0.05) is 11.3 Å². The van der Waals surface area contributed by atoms with E-state index in [1.807, 2.05) is 30.3 Å². The maximum Gasteiger partial charge on any atom is 0.247 e. The number of thiol groups is 1. The van der Waals surface area contributed by atoms with Crippen LogP contribution in [0.5, 0.6) is 0 Å².